The number of amides is 2. The van der Waals surface area contributed by atoms with Crippen molar-refractivity contribution in [1.29, 1.82) is 0 Å². The van der Waals surface area contributed by atoms with E-state index in [4.69, 9.17) is 0 Å². The molecular formula is C20H24N2O4S2. The first kappa shape index (κ1) is 22.0. The Hall–Kier alpha value is -2.32. The van der Waals surface area contributed by atoms with Gasteiger partial charge in [-0.1, -0.05) is 0 Å². The van der Waals surface area contributed by atoms with Crippen molar-refractivity contribution in [1.82, 2.24) is 10.6 Å². The lowest BCUT2D eigenvalue weighted by atomic mass is 10.3. The fourth-order valence-corrected chi connectivity index (χ4v) is 3.65. The third kappa shape index (κ3) is 9.05. The molecule has 0 aliphatic heterocycles. The van der Waals surface area contributed by atoms with Crippen LogP contribution in [0.25, 0.3) is 0 Å². The number of rotatable bonds is 11. The van der Waals surface area contributed by atoms with E-state index in [1.165, 1.54) is 23.5 Å². The molecule has 8 heteroatoms. The number of aromatic hydroxyl groups is 2. The number of thioether (sulfide) groups is 2. The number of phenolic OH excluding ortho intramolecular Hbond substituents is 2. The summed E-state index contributed by atoms with van der Waals surface area (Å²) in [5, 5.41) is 24.2. The summed E-state index contributed by atoms with van der Waals surface area (Å²) in [7, 11) is 0. The molecule has 0 aliphatic rings. The summed E-state index contributed by atoms with van der Waals surface area (Å²) in [5.41, 5.74) is 0. The molecule has 6 nitrogen and oxygen atoms in total. The van der Waals surface area contributed by atoms with Crippen LogP contribution in [0.4, 0.5) is 0 Å². The van der Waals surface area contributed by atoms with Gasteiger partial charge in [0.25, 0.3) is 0 Å². The monoisotopic (exact) mass is 420 g/mol. The molecule has 0 spiro atoms. The molecule has 0 fully saturated rings. The van der Waals surface area contributed by atoms with Gasteiger partial charge in [0.05, 0.1) is 11.5 Å². The molecule has 2 rings (SSSR count). The highest BCUT2D eigenvalue weighted by Crippen LogP contribution is 2.21. The zero-order valence-electron chi connectivity index (χ0n) is 15.4. The minimum atomic E-state index is -0.0348. The van der Waals surface area contributed by atoms with E-state index < -0.39 is 0 Å². The van der Waals surface area contributed by atoms with Crippen molar-refractivity contribution in [3.63, 3.8) is 0 Å². The van der Waals surface area contributed by atoms with Crippen LogP contribution in [0.1, 0.15) is 12.8 Å². The van der Waals surface area contributed by atoms with Gasteiger partial charge in [-0.15, -0.1) is 23.5 Å². The van der Waals surface area contributed by atoms with Gasteiger partial charge in [0, 0.05) is 22.9 Å². The summed E-state index contributed by atoms with van der Waals surface area (Å²) in [6, 6.07) is 13.5. The van der Waals surface area contributed by atoms with Crippen molar-refractivity contribution in [3.8, 4) is 11.5 Å². The van der Waals surface area contributed by atoms with Crippen LogP contribution in [0.15, 0.2) is 58.3 Å². The van der Waals surface area contributed by atoms with E-state index in [0.29, 0.717) is 24.6 Å². The summed E-state index contributed by atoms with van der Waals surface area (Å²) in [4.78, 5) is 25.5. The lowest BCUT2D eigenvalue weighted by Gasteiger charge is -2.07. The number of unbranched alkanes of at least 4 members (excludes halogenated alkanes) is 1. The maximum Gasteiger partial charge on any atom is 0.230 e. The number of hydrogen-bond donors (Lipinski definition) is 4. The Morgan fingerprint density at radius 1 is 0.679 bits per heavy atom. The Balaban J connectivity index is 1.47. The minimum absolute atomic E-state index is 0.0348. The van der Waals surface area contributed by atoms with Crippen LogP contribution < -0.4 is 10.6 Å². The molecule has 0 saturated carbocycles. The van der Waals surface area contributed by atoms with Gasteiger partial charge in [0.2, 0.25) is 11.8 Å². The normalized spacial score (nSPS) is 10.4. The second-order valence-corrected chi connectivity index (χ2v) is 8.07. The molecule has 0 aromatic heterocycles. The van der Waals surface area contributed by atoms with Crippen LogP contribution >= 0.6 is 23.5 Å². The van der Waals surface area contributed by atoms with Crippen molar-refractivity contribution >= 4 is 35.3 Å². The standard InChI is InChI=1S/C20H24N2O4S2/c23-15-3-7-17(8-4-15)27-13-19(25)21-11-1-2-12-22-20(26)14-28-18-9-5-16(24)6-10-18/h3-10,23-24H,1-2,11-14H2,(H,21,25)(H,22,26). The molecular weight excluding hydrogens is 396 g/mol. The van der Waals surface area contributed by atoms with Crippen molar-refractivity contribution in [2.45, 2.75) is 22.6 Å². The largest absolute Gasteiger partial charge is 0.508 e. The first-order valence-corrected chi connectivity index (χ1v) is 10.9. The van der Waals surface area contributed by atoms with Crippen molar-refractivity contribution in [2.24, 2.45) is 0 Å². The van der Waals surface area contributed by atoms with Gasteiger partial charge < -0.3 is 20.8 Å². The van der Waals surface area contributed by atoms with E-state index in [0.717, 1.165) is 22.6 Å². The summed E-state index contributed by atoms with van der Waals surface area (Å²) >= 11 is 2.83. The Morgan fingerprint density at radius 3 is 1.39 bits per heavy atom. The molecule has 2 amide bonds. The van der Waals surface area contributed by atoms with Gasteiger partial charge in [-0.25, -0.2) is 0 Å². The van der Waals surface area contributed by atoms with Gasteiger partial charge in [0.15, 0.2) is 0 Å². The van der Waals surface area contributed by atoms with Gasteiger partial charge in [0.1, 0.15) is 11.5 Å². The molecule has 2 aromatic carbocycles. The molecule has 150 valence electrons. The number of carbonyl (C=O) groups excluding carboxylic acids is 2. The first-order chi connectivity index (χ1) is 13.5. The molecule has 0 unspecified atom stereocenters. The molecule has 0 heterocycles. The van der Waals surface area contributed by atoms with Gasteiger partial charge in [-0.2, -0.15) is 0 Å². The Morgan fingerprint density at radius 2 is 1.04 bits per heavy atom. The zero-order chi connectivity index (χ0) is 20.2. The number of hydrogen-bond acceptors (Lipinski definition) is 6. The number of phenols is 2. The maximum absolute atomic E-state index is 11.8. The smallest absolute Gasteiger partial charge is 0.230 e. The van der Waals surface area contributed by atoms with Crippen LogP contribution in [0.3, 0.4) is 0 Å². The third-order valence-electron chi connectivity index (χ3n) is 3.66. The third-order valence-corrected chi connectivity index (χ3v) is 5.69. The zero-order valence-corrected chi connectivity index (χ0v) is 17.0. The maximum atomic E-state index is 11.8. The van der Waals surface area contributed by atoms with E-state index in [1.54, 1.807) is 48.5 Å². The summed E-state index contributed by atoms with van der Waals surface area (Å²) in [6.45, 7) is 1.15. The topological polar surface area (TPSA) is 98.7 Å². The molecule has 0 bridgehead atoms. The van der Waals surface area contributed by atoms with E-state index in [-0.39, 0.29) is 23.3 Å². The lowest BCUT2D eigenvalue weighted by Crippen LogP contribution is -2.28. The molecule has 28 heavy (non-hydrogen) atoms. The van der Waals surface area contributed by atoms with Crippen LogP contribution in [0.2, 0.25) is 0 Å². The second-order valence-electron chi connectivity index (χ2n) is 5.97. The summed E-state index contributed by atoms with van der Waals surface area (Å²) in [5.74, 6) is 1.01. The minimum Gasteiger partial charge on any atom is -0.508 e. The average Bonchev–Trinajstić information content (AvgIpc) is 2.69. The molecule has 0 radical (unpaired) electrons. The predicted molar refractivity (Wildman–Crippen MR) is 113 cm³/mol. The highest BCUT2D eigenvalue weighted by Gasteiger charge is 2.04. The van der Waals surface area contributed by atoms with Gasteiger partial charge in [-0.3, -0.25) is 9.59 Å². The number of nitrogens with one attached hydrogen (secondary N) is 2. The van der Waals surface area contributed by atoms with Crippen molar-refractivity contribution in [2.75, 3.05) is 24.6 Å². The Labute approximate surface area is 173 Å². The average molecular weight is 421 g/mol. The van der Waals surface area contributed by atoms with Crippen molar-refractivity contribution < 1.29 is 19.8 Å². The van der Waals surface area contributed by atoms with Gasteiger partial charge in [-0.05, 0) is 61.4 Å². The predicted octanol–water partition coefficient (Wildman–Crippen LogP) is 2.99. The number of benzene rings is 2. The number of carbonyl (C=O) groups is 2. The van der Waals surface area contributed by atoms with Crippen LogP contribution in [0.5, 0.6) is 11.5 Å². The molecule has 4 N–H and O–H groups in total. The first-order valence-electron chi connectivity index (χ1n) is 8.90. The SMILES string of the molecule is O=C(CSc1ccc(O)cc1)NCCCCNC(=O)CSc1ccc(O)cc1. The van der Waals surface area contributed by atoms with E-state index >= 15 is 0 Å². The van der Waals surface area contributed by atoms with E-state index in [2.05, 4.69) is 10.6 Å². The highest BCUT2D eigenvalue weighted by atomic mass is 32.2. The fraction of sp³-hybridized carbons (Fsp3) is 0.300. The lowest BCUT2D eigenvalue weighted by molar-refractivity contribution is -0.119. The Kier molecular flexibility index (Phi) is 9.57. The molecule has 0 atom stereocenters. The fourth-order valence-electron chi connectivity index (χ4n) is 2.19. The van der Waals surface area contributed by atoms with Gasteiger partial charge >= 0.3 is 0 Å². The van der Waals surface area contributed by atoms with Crippen LogP contribution in [-0.4, -0.2) is 46.6 Å². The quantitative estimate of drug-likeness (QED) is 0.330. The Bertz CT molecular complexity index is 686. The van der Waals surface area contributed by atoms with Crippen LogP contribution in [-0.2, 0) is 9.59 Å². The second kappa shape index (κ2) is 12.2. The molecule has 0 saturated heterocycles. The summed E-state index contributed by atoms with van der Waals surface area (Å²) in [6.07, 6.45) is 1.59. The van der Waals surface area contributed by atoms with E-state index in [9.17, 15) is 19.8 Å². The van der Waals surface area contributed by atoms with Crippen molar-refractivity contribution in [3.05, 3.63) is 48.5 Å². The molecule has 0 aliphatic carbocycles. The molecule has 2 aromatic rings. The van der Waals surface area contributed by atoms with Crippen LogP contribution in [0, 0.1) is 0 Å². The summed E-state index contributed by atoms with van der Waals surface area (Å²) < 4.78 is 0. The highest BCUT2D eigenvalue weighted by molar-refractivity contribution is 8.00. The van der Waals surface area contributed by atoms with E-state index in [1.807, 2.05) is 0 Å².